The fourth-order valence-electron chi connectivity index (χ4n) is 2.09. The van der Waals surface area contributed by atoms with Gasteiger partial charge in [-0.25, -0.2) is 0 Å². The molecule has 3 nitrogen and oxygen atoms in total. The van der Waals surface area contributed by atoms with Crippen LogP contribution in [-0.4, -0.2) is 39.3 Å². The van der Waals surface area contributed by atoms with Gasteiger partial charge in [-0.1, -0.05) is 36.1 Å². The Hall–Kier alpha value is -0.780. The van der Waals surface area contributed by atoms with Crippen LogP contribution in [0.25, 0.3) is 0 Å². The Bertz CT molecular complexity index is 468. The average molecular weight is 310 g/mol. The lowest BCUT2D eigenvalue weighted by Crippen LogP contribution is -2.52. The van der Waals surface area contributed by atoms with Gasteiger partial charge in [-0.15, -0.1) is 0 Å². The molecule has 0 aliphatic carbocycles. The molecule has 20 heavy (non-hydrogen) atoms. The van der Waals surface area contributed by atoms with E-state index in [0.29, 0.717) is 0 Å². The summed E-state index contributed by atoms with van der Waals surface area (Å²) in [4.78, 5) is 4.70. The summed E-state index contributed by atoms with van der Waals surface area (Å²) in [6.45, 7) is 8.44. The molecule has 0 unspecified atom stereocenters. The van der Waals surface area contributed by atoms with Gasteiger partial charge in [0, 0.05) is 12.1 Å². The molecule has 0 N–H and O–H groups in total. The lowest BCUT2D eigenvalue weighted by Gasteiger charge is -2.44. The van der Waals surface area contributed by atoms with E-state index in [-0.39, 0.29) is 5.54 Å². The zero-order valence-corrected chi connectivity index (χ0v) is 14.2. The van der Waals surface area contributed by atoms with Gasteiger partial charge in [0.25, 0.3) is 0 Å². The number of rotatable bonds is 3. The number of methoxy groups -OCH3 is 1. The van der Waals surface area contributed by atoms with Crippen molar-refractivity contribution >= 4 is 28.3 Å². The molecule has 0 atom stereocenters. The Labute approximate surface area is 131 Å². The first kappa shape index (κ1) is 15.6. The van der Waals surface area contributed by atoms with Crippen molar-refractivity contribution in [2.75, 3.05) is 19.7 Å². The largest absolute Gasteiger partial charge is 0.497 e. The van der Waals surface area contributed by atoms with Gasteiger partial charge in [-0.2, -0.15) is 0 Å². The molecule has 1 saturated heterocycles. The van der Waals surface area contributed by atoms with Gasteiger partial charge in [0.1, 0.15) is 10.1 Å². The summed E-state index contributed by atoms with van der Waals surface area (Å²) in [6.07, 6.45) is 0. The minimum absolute atomic E-state index is 0.0721. The Balaban J connectivity index is 2.01. The van der Waals surface area contributed by atoms with Crippen LogP contribution >= 0.6 is 24.0 Å². The van der Waals surface area contributed by atoms with Gasteiger partial charge < -0.3 is 9.64 Å². The maximum atomic E-state index is 5.47. The highest BCUT2D eigenvalue weighted by Crippen LogP contribution is 2.27. The Morgan fingerprint density at radius 3 is 2.45 bits per heavy atom. The zero-order valence-electron chi connectivity index (χ0n) is 12.5. The summed E-state index contributed by atoms with van der Waals surface area (Å²) in [5.74, 6) is 1.86. The van der Waals surface area contributed by atoms with Crippen LogP contribution in [-0.2, 0) is 6.54 Å². The summed E-state index contributed by atoms with van der Waals surface area (Å²) in [7, 11) is 1.69. The first-order valence-electron chi connectivity index (χ1n) is 6.70. The van der Waals surface area contributed by atoms with Crippen LogP contribution in [0.5, 0.6) is 5.75 Å². The number of hydrogen-bond acceptors (Lipinski definition) is 4. The van der Waals surface area contributed by atoms with Gasteiger partial charge in [0.15, 0.2) is 0 Å². The van der Waals surface area contributed by atoms with E-state index in [2.05, 4.69) is 42.7 Å². The first-order chi connectivity index (χ1) is 9.40. The molecular formula is C15H22N2OS2. The maximum Gasteiger partial charge on any atom is 0.139 e. The van der Waals surface area contributed by atoms with Crippen molar-refractivity contribution in [3.05, 3.63) is 29.8 Å². The van der Waals surface area contributed by atoms with E-state index >= 15 is 0 Å². The average Bonchev–Trinajstić information content (AvgIpc) is 2.40. The molecule has 1 aromatic carbocycles. The summed E-state index contributed by atoms with van der Waals surface area (Å²) >= 11 is 7.22. The van der Waals surface area contributed by atoms with Crippen LogP contribution < -0.4 is 4.74 Å². The van der Waals surface area contributed by atoms with Crippen molar-refractivity contribution in [2.24, 2.45) is 0 Å². The van der Waals surface area contributed by atoms with Crippen LogP contribution in [0.3, 0.4) is 0 Å². The molecular weight excluding hydrogens is 288 g/mol. The molecule has 0 spiro atoms. The molecule has 0 radical (unpaired) electrons. The van der Waals surface area contributed by atoms with Gasteiger partial charge >= 0.3 is 0 Å². The topological polar surface area (TPSA) is 15.7 Å². The maximum absolute atomic E-state index is 5.47. The summed E-state index contributed by atoms with van der Waals surface area (Å²) in [6, 6.07) is 8.27. The molecule has 0 saturated carbocycles. The first-order valence-corrected chi connectivity index (χ1v) is 8.09. The molecule has 0 amide bonds. The van der Waals surface area contributed by atoms with E-state index in [4.69, 9.17) is 17.0 Å². The Morgan fingerprint density at radius 1 is 1.25 bits per heavy atom. The van der Waals surface area contributed by atoms with Crippen molar-refractivity contribution < 1.29 is 4.74 Å². The van der Waals surface area contributed by atoms with Crippen LogP contribution in [0.15, 0.2) is 24.3 Å². The standard InChI is InChI=1S/C15H22N2OS2/c1-15(2,3)17-10-16(11-20-14(17)19)9-12-5-7-13(18-4)8-6-12/h5-8H,9-11H2,1-4H3. The molecule has 5 heteroatoms. The van der Waals surface area contributed by atoms with Gasteiger partial charge in [0.2, 0.25) is 0 Å². The molecule has 110 valence electrons. The van der Waals surface area contributed by atoms with Crippen LogP contribution in [0.4, 0.5) is 0 Å². The second kappa shape index (κ2) is 6.33. The monoisotopic (exact) mass is 310 g/mol. The fourth-order valence-corrected chi connectivity index (χ4v) is 3.54. The molecule has 2 rings (SSSR count). The second-order valence-corrected chi connectivity index (χ2v) is 7.54. The lowest BCUT2D eigenvalue weighted by molar-refractivity contribution is 0.133. The molecule has 0 bridgehead atoms. The van der Waals surface area contributed by atoms with Crippen molar-refractivity contribution in [1.82, 2.24) is 9.80 Å². The minimum atomic E-state index is 0.0721. The second-order valence-electron chi connectivity index (χ2n) is 5.96. The number of nitrogens with zero attached hydrogens (tertiary/aromatic N) is 2. The highest BCUT2D eigenvalue weighted by atomic mass is 32.2. The molecule has 1 heterocycles. The van der Waals surface area contributed by atoms with E-state index in [9.17, 15) is 0 Å². The highest BCUT2D eigenvalue weighted by Gasteiger charge is 2.29. The normalized spacial score (nSPS) is 17.4. The minimum Gasteiger partial charge on any atom is -0.497 e. The van der Waals surface area contributed by atoms with Crippen LogP contribution in [0.1, 0.15) is 26.3 Å². The molecule has 1 aromatic rings. The third-order valence-corrected chi connectivity index (χ3v) is 4.84. The fraction of sp³-hybridized carbons (Fsp3) is 0.533. The van der Waals surface area contributed by atoms with Crippen LogP contribution in [0.2, 0.25) is 0 Å². The highest BCUT2D eigenvalue weighted by molar-refractivity contribution is 8.22. The smallest absolute Gasteiger partial charge is 0.139 e. The van der Waals surface area contributed by atoms with E-state index in [1.807, 2.05) is 12.1 Å². The number of ether oxygens (including phenoxy) is 1. The summed E-state index contributed by atoms with van der Waals surface area (Å²) < 4.78 is 6.20. The predicted molar refractivity (Wildman–Crippen MR) is 90.1 cm³/mol. The third-order valence-electron chi connectivity index (χ3n) is 3.31. The SMILES string of the molecule is COc1ccc(CN2CSC(=S)N(C(C)(C)C)C2)cc1. The van der Waals surface area contributed by atoms with Gasteiger partial charge in [-0.3, -0.25) is 4.90 Å². The third kappa shape index (κ3) is 3.87. The van der Waals surface area contributed by atoms with E-state index in [0.717, 1.165) is 29.2 Å². The van der Waals surface area contributed by atoms with Crippen molar-refractivity contribution in [3.8, 4) is 5.75 Å². The van der Waals surface area contributed by atoms with E-state index in [1.54, 1.807) is 18.9 Å². The summed E-state index contributed by atoms with van der Waals surface area (Å²) in [5.41, 5.74) is 1.37. The molecule has 0 aromatic heterocycles. The molecule has 1 aliphatic rings. The number of hydrogen-bond donors (Lipinski definition) is 0. The van der Waals surface area contributed by atoms with Gasteiger partial charge in [-0.05, 0) is 38.5 Å². The Kier molecular flexibility index (Phi) is 4.94. The molecule has 1 fully saturated rings. The quantitative estimate of drug-likeness (QED) is 0.791. The Morgan fingerprint density at radius 2 is 1.90 bits per heavy atom. The molecule has 1 aliphatic heterocycles. The van der Waals surface area contributed by atoms with Crippen molar-refractivity contribution in [1.29, 1.82) is 0 Å². The van der Waals surface area contributed by atoms with Crippen molar-refractivity contribution in [3.63, 3.8) is 0 Å². The van der Waals surface area contributed by atoms with Gasteiger partial charge in [0.05, 0.1) is 19.7 Å². The van der Waals surface area contributed by atoms with E-state index in [1.165, 1.54) is 5.56 Å². The number of benzene rings is 1. The summed E-state index contributed by atoms with van der Waals surface area (Å²) in [5, 5.41) is 0. The number of thioether (sulfide) groups is 1. The number of thiocarbonyl (C=S) groups is 1. The van der Waals surface area contributed by atoms with Crippen molar-refractivity contribution in [2.45, 2.75) is 32.9 Å². The predicted octanol–water partition coefficient (Wildman–Crippen LogP) is 3.54. The lowest BCUT2D eigenvalue weighted by atomic mass is 10.1. The zero-order chi connectivity index (χ0) is 14.8. The van der Waals surface area contributed by atoms with Crippen LogP contribution in [0, 0.1) is 0 Å². The van der Waals surface area contributed by atoms with E-state index < -0.39 is 0 Å².